The first-order valence-corrected chi connectivity index (χ1v) is 9.11. The summed E-state index contributed by atoms with van der Waals surface area (Å²) in [5, 5.41) is 13.1. The van der Waals surface area contributed by atoms with Gasteiger partial charge in [-0.25, -0.2) is 0 Å². The largest absolute Gasteiger partial charge is 0.313 e. The minimum atomic E-state index is -0.194. The number of carbonyl (C=O) groups excluding carboxylic acids is 1. The molecule has 1 atom stereocenters. The molecule has 1 N–H and O–H groups in total. The van der Waals surface area contributed by atoms with Crippen LogP contribution in [0, 0.1) is 17.2 Å². The number of benzene rings is 1. The molecule has 0 fully saturated rings. The van der Waals surface area contributed by atoms with E-state index in [1.165, 1.54) is 17.4 Å². The highest BCUT2D eigenvalue weighted by Crippen LogP contribution is 2.39. The van der Waals surface area contributed by atoms with Gasteiger partial charge in [0.05, 0.1) is 5.56 Å². The number of carbonyl (C=O) groups is 1. The summed E-state index contributed by atoms with van der Waals surface area (Å²) in [5.74, 6) is 0.505. The molecule has 1 aliphatic rings. The van der Waals surface area contributed by atoms with Crippen molar-refractivity contribution in [2.75, 3.05) is 5.32 Å². The van der Waals surface area contributed by atoms with E-state index in [0.29, 0.717) is 16.5 Å². The Morgan fingerprint density at radius 1 is 1.42 bits per heavy atom. The standard InChI is InChI=1S/C20H20N2OS/c1-2-14-8-10-16-17(13-21)20(24-18(16)12-14)22-19(23)11-9-15-6-4-3-5-7-15/h3-7,9,11,14H,2,8,10,12H2,1H3,(H,22,23)/b11-9-/t14-/m1/s1. The summed E-state index contributed by atoms with van der Waals surface area (Å²) in [6.07, 6.45) is 7.58. The third-order valence-corrected chi connectivity index (χ3v) is 5.69. The molecule has 0 radical (unpaired) electrons. The van der Waals surface area contributed by atoms with Gasteiger partial charge >= 0.3 is 0 Å². The molecule has 1 aromatic carbocycles. The monoisotopic (exact) mass is 336 g/mol. The topological polar surface area (TPSA) is 52.9 Å². The third-order valence-electron chi connectivity index (χ3n) is 4.52. The van der Waals surface area contributed by atoms with E-state index in [2.05, 4.69) is 18.3 Å². The van der Waals surface area contributed by atoms with Gasteiger partial charge in [0.15, 0.2) is 0 Å². The van der Waals surface area contributed by atoms with Crippen LogP contribution in [-0.4, -0.2) is 5.91 Å². The number of fused-ring (bicyclic) bond motifs is 1. The molecule has 0 saturated carbocycles. The molecule has 0 unspecified atom stereocenters. The second-order valence-electron chi connectivity index (χ2n) is 6.07. The van der Waals surface area contributed by atoms with Crippen molar-refractivity contribution >= 4 is 28.3 Å². The normalized spacial score (nSPS) is 16.6. The summed E-state index contributed by atoms with van der Waals surface area (Å²) >= 11 is 1.57. The zero-order valence-corrected chi connectivity index (χ0v) is 14.5. The van der Waals surface area contributed by atoms with E-state index in [1.807, 2.05) is 30.3 Å². The van der Waals surface area contributed by atoms with E-state index in [-0.39, 0.29) is 5.91 Å². The van der Waals surface area contributed by atoms with Crippen molar-refractivity contribution in [3.63, 3.8) is 0 Å². The van der Waals surface area contributed by atoms with Crippen molar-refractivity contribution in [2.24, 2.45) is 5.92 Å². The van der Waals surface area contributed by atoms with Gasteiger partial charge in [0.25, 0.3) is 0 Å². The number of nitriles is 1. The Hall–Kier alpha value is -2.38. The lowest BCUT2D eigenvalue weighted by molar-refractivity contribution is -0.111. The maximum Gasteiger partial charge on any atom is 0.249 e. The van der Waals surface area contributed by atoms with Crippen molar-refractivity contribution in [1.29, 1.82) is 5.26 Å². The molecule has 0 saturated heterocycles. The summed E-state index contributed by atoms with van der Waals surface area (Å²) in [5.41, 5.74) is 2.78. The molecule has 0 spiro atoms. The molecule has 24 heavy (non-hydrogen) atoms. The second kappa shape index (κ2) is 7.46. The van der Waals surface area contributed by atoms with Crippen LogP contribution in [0.3, 0.4) is 0 Å². The van der Waals surface area contributed by atoms with E-state index in [1.54, 1.807) is 17.4 Å². The molecule has 1 aromatic heterocycles. The number of amides is 1. The minimum Gasteiger partial charge on any atom is -0.313 e. The van der Waals surface area contributed by atoms with Crippen LogP contribution in [0.4, 0.5) is 5.00 Å². The SMILES string of the molecule is CC[C@@H]1CCc2c(sc(NC(=O)/C=C\c3ccccc3)c2C#N)C1. The molecule has 0 bridgehead atoms. The van der Waals surface area contributed by atoms with Gasteiger partial charge in [-0.05, 0) is 42.4 Å². The predicted molar refractivity (Wildman–Crippen MR) is 98.9 cm³/mol. The highest BCUT2D eigenvalue weighted by molar-refractivity contribution is 7.16. The molecule has 4 heteroatoms. The highest BCUT2D eigenvalue weighted by Gasteiger charge is 2.25. The number of rotatable bonds is 4. The maximum absolute atomic E-state index is 12.2. The van der Waals surface area contributed by atoms with Gasteiger partial charge in [0, 0.05) is 11.0 Å². The molecular weight excluding hydrogens is 316 g/mol. The van der Waals surface area contributed by atoms with E-state index >= 15 is 0 Å². The number of hydrogen-bond acceptors (Lipinski definition) is 3. The number of nitrogens with zero attached hydrogens (tertiary/aromatic N) is 1. The summed E-state index contributed by atoms with van der Waals surface area (Å²) in [6.45, 7) is 2.21. The van der Waals surface area contributed by atoms with Crippen molar-refractivity contribution < 1.29 is 4.79 Å². The molecular formula is C20H20N2OS. The Balaban J connectivity index is 1.76. The van der Waals surface area contributed by atoms with E-state index in [9.17, 15) is 10.1 Å². The second-order valence-corrected chi connectivity index (χ2v) is 7.18. The predicted octanol–water partition coefficient (Wildman–Crippen LogP) is 4.79. The van der Waals surface area contributed by atoms with Crippen LogP contribution >= 0.6 is 11.3 Å². The molecule has 1 amide bonds. The molecule has 1 aliphatic carbocycles. The van der Waals surface area contributed by atoms with Crippen LogP contribution in [0.1, 0.15) is 41.3 Å². The highest BCUT2D eigenvalue weighted by atomic mass is 32.1. The zero-order chi connectivity index (χ0) is 16.9. The smallest absolute Gasteiger partial charge is 0.249 e. The van der Waals surface area contributed by atoms with Gasteiger partial charge in [-0.1, -0.05) is 43.7 Å². The van der Waals surface area contributed by atoms with Gasteiger partial charge in [0.2, 0.25) is 5.91 Å². The van der Waals surface area contributed by atoms with Crippen molar-refractivity contribution in [2.45, 2.75) is 32.6 Å². The average molecular weight is 336 g/mol. The summed E-state index contributed by atoms with van der Waals surface area (Å²) < 4.78 is 0. The minimum absolute atomic E-state index is 0.194. The van der Waals surface area contributed by atoms with Crippen LogP contribution in [0.2, 0.25) is 0 Å². The lowest BCUT2D eigenvalue weighted by atomic mass is 9.86. The van der Waals surface area contributed by atoms with Crippen LogP contribution in [0.25, 0.3) is 6.08 Å². The van der Waals surface area contributed by atoms with Crippen LogP contribution in [0.15, 0.2) is 36.4 Å². The lowest BCUT2D eigenvalue weighted by Crippen LogP contribution is -2.12. The summed E-state index contributed by atoms with van der Waals surface area (Å²) in [6, 6.07) is 12.0. The number of anilines is 1. The molecule has 1 heterocycles. The first-order valence-electron chi connectivity index (χ1n) is 8.30. The van der Waals surface area contributed by atoms with Gasteiger partial charge in [-0.2, -0.15) is 5.26 Å². The fourth-order valence-electron chi connectivity index (χ4n) is 3.10. The fraction of sp³-hybridized carbons (Fsp3) is 0.300. The van der Waals surface area contributed by atoms with Crippen molar-refractivity contribution in [1.82, 2.24) is 0 Å². The fourth-order valence-corrected chi connectivity index (χ4v) is 4.41. The Morgan fingerprint density at radius 2 is 2.21 bits per heavy atom. The number of nitrogens with one attached hydrogen (secondary N) is 1. The summed E-state index contributed by atoms with van der Waals surface area (Å²) in [4.78, 5) is 13.5. The van der Waals surface area contributed by atoms with Gasteiger partial charge in [0.1, 0.15) is 11.1 Å². The first-order chi connectivity index (χ1) is 11.7. The molecule has 3 rings (SSSR count). The lowest BCUT2D eigenvalue weighted by Gasteiger charge is -2.20. The Labute approximate surface area is 146 Å². The molecule has 0 aliphatic heterocycles. The Kier molecular flexibility index (Phi) is 5.12. The van der Waals surface area contributed by atoms with Crippen molar-refractivity contribution in [3.05, 3.63) is 58.0 Å². The Morgan fingerprint density at radius 3 is 2.92 bits per heavy atom. The number of hydrogen-bond donors (Lipinski definition) is 1. The van der Waals surface area contributed by atoms with E-state index < -0.39 is 0 Å². The zero-order valence-electron chi connectivity index (χ0n) is 13.7. The quantitative estimate of drug-likeness (QED) is 0.816. The van der Waals surface area contributed by atoms with Crippen LogP contribution in [-0.2, 0) is 17.6 Å². The van der Waals surface area contributed by atoms with E-state index in [0.717, 1.165) is 30.4 Å². The number of thiophene rings is 1. The maximum atomic E-state index is 12.2. The average Bonchev–Trinajstić information content (AvgIpc) is 2.96. The Bertz CT molecular complexity index is 799. The van der Waals surface area contributed by atoms with Crippen LogP contribution < -0.4 is 5.32 Å². The van der Waals surface area contributed by atoms with Gasteiger partial charge < -0.3 is 5.32 Å². The first kappa shape index (κ1) is 16.5. The molecule has 3 nitrogen and oxygen atoms in total. The van der Waals surface area contributed by atoms with Crippen molar-refractivity contribution in [3.8, 4) is 6.07 Å². The molecule has 2 aromatic rings. The van der Waals surface area contributed by atoms with Crippen LogP contribution in [0.5, 0.6) is 0 Å². The summed E-state index contributed by atoms with van der Waals surface area (Å²) in [7, 11) is 0. The van der Waals surface area contributed by atoms with Gasteiger partial charge in [-0.15, -0.1) is 11.3 Å². The third kappa shape index (κ3) is 3.58. The van der Waals surface area contributed by atoms with E-state index in [4.69, 9.17) is 0 Å². The van der Waals surface area contributed by atoms with Gasteiger partial charge in [-0.3, -0.25) is 4.79 Å². The molecule has 122 valence electrons.